The lowest BCUT2D eigenvalue weighted by atomic mass is 9.81. The molecule has 0 aliphatic rings. The van der Waals surface area contributed by atoms with E-state index in [2.05, 4.69) is 177 Å². The maximum atomic E-state index is 12.3. The summed E-state index contributed by atoms with van der Waals surface area (Å²) < 4.78 is 25.8. The molecule has 8 rings (SSSR count). The summed E-state index contributed by atoms with van der Waals surface area (Å²) in [6.45, 7) is 20.0. The second-order valence-corrected chi connectivity index (χ2v) is 19.2. The van der Waals surface area contributed by atoms with E-state index in [0.29, 0.717) is 17.0 Å². The van der Waals surface area contributed by atoms with Crippen LogP contribution >= 0.6 is 0 Å². The van der Waals surface area contributed by atoms with Crippen LogP contribution in [0.5, 0.6) is 5.75 Å². The first-order valence-corrected chi connectivity index (χ1v) is 22.1. The van der Waals surface area contributed by atoms with Crippen LogP contribution in [0.1, 0.15) is 119 Å². The number of aryl methyl sites for hydroxylation is 1. The summed E-state index contributed by atoms with van der Waals surface area (Å²) in [5.74, 6) is 1.26. The number of benzene rings is 6. The Bertz CT molecular complexity index is 3020. The van der Waals surface area contributed by atoms with E-state index in [0.717, 1.165) is 84.5 Å². The van der Waals surface area contributed by atoms with Crippen LogP contribution < -0.4 is 0 Å². The van der Waals surface area contributed by atoms with Crippen molar-refractivity contribution >= 4 is 11.0 Å². The zero-order valence-electron chi connectivity index (χ0n) is 40.9. The van der Waals surface area contributed by atoms with E-state index >= 15 is 0 Å². The number of phenols is 1. The van der Waals surface area contributed by atoms with Crippen molar-refractivity contribution in [3.05, 3.63) is 167 Å². The van der Waals surface area contributed by atoms with E-state index in [1.54, 1.807) is 12.1 Å². The van der Waals surface area contributed by atoms with Gasteiger partial charge in [-0.05, 0) is 129 Å². The van der Waals surface area contributed by atoms with E-state index in [9.17, 15) is 5.11 Å². The Morgan fingerprint density at radius 3 is 2.05 bits per heavy atom. The molecule has 0 saturated carbocycles. The standard InChI is InChI=1S/C58H61N3O/c1-12-58(10,11)45-25-26-52(49(35-45)40-17-14-13-15-18-40)61-53-20-16-19-47(54(53)60-56(61)50-33-42(36(2)3)32-48(37(4)5)55(50)62)43-29-44(31-46(30-43)57(7,8)9)51-34-41(27-28-59-51)39-23-21-38(6)22-24-39/h13-37,62H,12H2,1-11H3/i6D3. The highest BCUT2D eigenvalue weighted by Crippen LogP contribution is 2.45. The molecule has 2 aromatic heterocycles. The van der Waals surface area contributed by atoms with Crippen LogP contribution in [0, 0.1) is 6.85 Å². The van der Waals surface area contributed by atoms with Crippen molar-refractivity contribution in [2.24, 2.45) is 0 Å². The molecule has 0 atom stereocenters. The number of fused-ring (bicyclic) bond motifs is 1. The lowest BCUT2D eigenvalue weighted by Crippen LogP contribution is -2.16. The summed E-state index contributed by atoms with van der Waals surface area (Å²) in [5, 5.41) is 12.3. The van der Waals surface area contributed by atoms with Crippen LogP contribution in [0.2, 0.25) is 0 Å². The van der Waals surface area contributed by atoms with Crippen molar-refractivity contribution in [1.82, 2.24) is 14.5 Å². The van der Waals surface area contributed by atoms with Crippen LogP contribution in [0.25, 0.3) is 72.7 Å². The van der Waals surface area contributed by atoms with E-state index < -0.39 is 6.85 Å². The summed E-state index contributed by atoms with van der Waals surface area (Å²) in [6, 6.07) is 46.0. The van der Waals surface area contributed by atoms with Crippen molar-refractivity contribution in [3.63, 3.8) is 0 Å². The number of rotatable bonds is 10. The number of para-hydroxylation sites is 1. The average molecular weight is 819 g/mol. The fourth-order valence-corrected chi connectivity index (χ4v) is 8.38. The fourth-order valence-electron chi connectivity index (χ4n) is 8.38. The monoisotopic (exact) mass is 819 g/mol. The molecule has 0 bridgehead atoms. The van der Waals surface area contributed by atoms with Gasteiger partial charge < -0.3 is 5.11 Å². The molecule has 4 nitrogen and oxygen atoms in total. The molecular weight excluding hydrogens is 755 g/mol. The number of hydrogen-bond donors (Lipinski definition) is 1. The third-order valence-corrected chi connectivity index (χ3v) is 12.7. The third-order valence-electron chi connectivity index (χ3n) is 12.7. The molecule has 0 amide bonds. The van der Waals surface area contributed by atoms with Gasteiger partial charge in [-0.15, -0.1) is 0 Å². The highest BCUT2D eigenvalue weighted by Gasteiger charge is 2.27. The summed E-state index contributed by atoms with van der Waals surface area (Å²) >= 11 is 0. The van der Waals surface area contributed by atoms with E-state index in [-0.39, 0.29) is 28.4 Å². The first kappa shape index (κ1) is 38.6. The molecule has 1 N–H and O–H groups in total. The molecule has 0 aliphatic heterocycles. The number of nitrogens with zero attached hydrogens (tertiary/aromatic N) is 3. The summed E-state index contributed by atoms with van der Waals surface area (Å²) in [6.07, 6.45) is 2.81. The SMILES string of the molecule is [2H]C([2H])([2H])c1ccc(-c2ccnc(-c3cc(-c4cccc5c4nc(-c4cc(C(C)C)cc(C(C)C)c4O)n5-c4ccc(C(C)(C)CC)cc4-c4ccccc4)cc(C(C)(C)C)c3)c2)cc1. The van der Waals surface area contributed by atoms with Gasteiger partial charge in [0.25, 0.3) is 0 Å². The van der Waals surface area contributed by atoms with Gasteiger partial charge in [0.15, 0.2) is 0 Å². The van der Waals surface area contributed by atoms with Gasteiger partial charge in [0, 0.05) is 27.0 Å². The minimum absolute atomic E-state index is 0.0421. The highest BCUT2D eigenvalue weighted by atomic mass is 16.3. The normalized spacial score (nSPS) is 13.1. The van der Waals surface area contributed by atoms with Gasteiger partial charge in [0.05, 0.1) is 28.0 Å². The lowest BCUT2D eigenvalue weighted by molar-refractivity contribution is 0.466. The molecule has 4 heteroatoms. The van der Waals surface area contributed by atoms with E-state index in [4.69, 9.17) is 14.1 Å². The molecule has 6 aromatic carbocycles. The molecule has 2 heterocycles. The first-order chi connectivity index (χ1) is 30.7. The van der Waals surface area contributed by atoms with Crippen molar-refractivity contribution in [1.29, 1.82) is 0 Å². The molecule has 0 aliphatic carbocycles. The summed E-state index contributed by atoms with van der Waals surface area (Å²) in [4.78, 5) is 10.5. The van der Waals surface area contributed by atoms with Crippen molar-refractivity contribution in [2.75, 3.05) is 0 Å². The van der Waals surface area contributed by atoms with Crippen molar-refractivity contribution in [3.8, 4) is 67.5 Å². The van der Waals surface area contributed by atoms with Crippen LogP contribution in [-0.2, 0) is 10.8 Å². The number of aromatic hydroxyl groups is 1. The smallest absolute Gasteiger partial charge is 0.149 e. The van der Waals surface area contributed by atoms with Crippen LogP contribution in [0.15, 0.2) is 140 Å². The molecule has 0 fully saturated rings. The van der Waals surface area contributed by atoms with Gasteiger partial charge >= 0.3 is 0 Å². The van der Waals surface area contributed by atoms with E-state index in [1.807, 2.05) is 24.4 Å². The Morgan fingerprint density at radius 2 is 1.37 bits per heavy atom. The van der Waals surface area contributed by atoms with Gasteiger partial charge in [-0.3, -0.25) is 9.55 Å². The van der Waals surface area contributed by atoms with Gasteiger partial charge in [-0.25, -0.2) is 4.98 Å². The number of pyridine rings is 1. The number of phenolic OH excluding ortho intramolecular Hbond substituents is 1. The highest BCUT2D eigenvalue weighted by molar-refractivity contribution is 5.98. The van der Waals surface area contributed by atoms with Crippen molar-refractivity contribution < 1.29 is 9.22 Å². The Morgan fingerprint density at radius 1 is 0.629 bits per heavy atom. The molecule has 0 spiro atoms. The third kappa shape index (κ3) is 8.11. The van der Waals surface area contributed by atoms with Gasteiger partial charge in [0.2, 0.25) is 0 Å². The molecule has 0 saturated heterocycles. The second kappa shape index (κ2) is 16.5. The van der Waals surface area contributed by atoms with Gasteiger partial charge in [-0.2, -0.15) is 0 Å². The maximum Gasteiger partial charge on any atom is 0.149 e. The molecule has 314 valence electrons. The Kier molecular flexibility index (Phi) is 10.3. The first-order valence-electron chi connectivity index (χ1n) is 23.6. The number of hydrogen-bond acceptors (Lipinski definition) is 3. The Balaban J connectivity index is 1.41. The minimum Gasteiger partial charge on any atom is -0.507 e. The van der Waals surface area contributed by atoms with Crippen LogP contribution in [0.3, 0.4) is 0 Å². The molecule has 62 heavy (non-hydrogen) atoms. The average Bonchev–Trinajstić information content (AvgIpc) is 3.67. The second-order valence-electron chi connectivity index (χ2n) is 19.2. The molecule has 8 aromatic rings. The lowest BCUT2D eigenvalue weighted by Gasteiger charge is -2.26. The van der Waals surface area contributed by atoms with Gasteiger partial charge in [-0.1, -0.05) is 160 Å². The van der Waals surface area contributed by atoms with Crippen molar-refractivity contribution in [2.45, 2.75) is 105 Å². The summed E-state index contributed by atoms with van der Waals surface area (Å²) in [5.41, 5.74) is 15.8. The van der Waals surface area contributed by atoms with Crippen LogP contribution in [-0.4, -0.2) is 19.6 Å². The summed E-state index contributed by atoms with van der Waals surface area (Å²) in [7, 11) is 0. The van der Waals surface area contributed by atoms with Crippen LogP contribution in [0.4, 0.5) is 0 Å². The zero-order valence-corrected chi connectivity index (χ0v) is 37.9. The minimum atomic E-state index is -2.17. The Labute approximate surface area is 373 Å². The van der Waals surface area contributed by atoms with E-state index in [1.165, 1.54) is 5.56 Å². The largest absolute Gasteiger partial charge is 0.507 e. The zero-order chi connectivity index (χ0) is 46.6. The Hall–Kier alpha value is -6.26. The molecular formula is C58H61N3O. The number of aromatic nitrogens is 3. The fraction of sp³-hybridized carbons (Fsp3) is 0.276. The topological polar surface area (TPSA) is 50.9 Å². The quantitative estimate of drug-likeness (QED) is 0.150. The molecule has 0 radical (unpaired) electrons. The van der Waals surface area contributed by atoms with Gasteiger partial charge in [0.1, 0.15) is 11.6 Å². The predicted octanol–water partition coefficient (Wildman–Crippen LogP) is 16.0. The number of imidazole rings is 1. The maximum absolute atomic E-state index is 12.3. The molecule has 0 unspecified atom stereocenters. The predicted molar refractivity (Wildman–Crippen MR) is 263 cm³/mol.